The van der Waals surface area contributed by atoms with Gasteiger partial charge < -0.3 is 19.7 Å². The van der Waals surface area contributed by atoms with Gasteiger partial charge in [-0.1, -0.05) is 0 Å². The van der Waals surface area contributed by atoms with E-state index in [0.29, 0.717) is 0 Å². The zero-order valence-electron chi connectivity index (χ0n) is 9.59. The smallest absolute Gasteiger partial charge is 0.335 e. The molecule has 2 N–H and O–H groups in total. The van der Waals surface area contributed by atoms with Crippen molar-refractivity contribution < 1.29 is 34.1 Å². The zero-order chi connectivity index (χ0) is 13.9. The Balaban J connectivity index is 3.33. The second-order valence-electron chi connectivity index (χ2n) is 3.32. The number of benzene rings is 1. The number of phenolic OH excluding ortho intramolecular Hbond substituents is 1. The minimum absolute atomic E-state index is 0.306. The molecule has 0 fully saturated rings. The molecule has 0 bridgehead atoms. The lowest BCUT2D eigenvalue weighted by Gasteiger charge is -2.11. The van der Waals surface area contributed by atoms with Crippen molar-refractivity contribution in [2.45, 2.75) is 13.8 Å². The van der Waals surface area contributed by atoms with Gasteiger partial charge in [0.1, 0.15) is 0 Å². The van der Waals surface area contributed by atoms with Gasteiger partial charge in [-0.15, -0.1) is 0 Å². The van der Waals surface area contributed by atoms with Gasteiger partial charge in [0, 0.05) is 13.8 Å². The molecule has 1 aromatic carbocycles. The number of ether oxygens (including phenoxy) is 2. The van der Waals surface area contributed by atoms with E-state index in [1.807, 2.05) is 0 Å². The average molecular weight is 254 g/mol. The summed E-state index contributed by atoms with van der Waals surface area (Å²) in [5.41, 5.74) is -0.306. The summed E-state index contributed by atoms with van der Waals surface area (Å²) in [7, 11) is 0. The number of phenols is 1. The fourth-order valence-corrected chi connectivity index (χ4v) is 1.19. The minimum Gasteiger partial charge on any atom is -0.504 e. The number of carbonyl (C=O) groups is 3. The number of carbonyl (C=O) groups excluding carboxylic acids is 2. The maximum Gasteiger partial charge on any atom is 0.335 e. The van der Waals surface area contributed by atoms with E-state index in [0.717, 1.165) is 26.0 Å². The van der Waals surface area contributed by atoms with E-state index >= 15 is 0 Å². The SMILES string of the molecule is CC(=O)Oc1cc(C(=O)O)cc(O)c1OC(C)=O. The summed E-state index contributed by atoms with van der Waals surface area (Å²) < 4.78 is 9.33. The monoisotopic (exact) mass is 254 g/mol. The summed E-state index contributed by atoms with van der Waals surface area (Å²) in [6.07, 6.45) is 0. The van der Waals surface area contributed by atoms with Crippen molar-refractivity contribution in [3.63, 3.8) is 0 Å². The van der Waals surface area contributed by atoms with E-state index in [9.17, 15) is 19.5 Å². The lowest BCUT2D eigenvalue weighted by Crippen LogP contribution is -2.08. The Bertz CT molecular complexity index is 518. The number of hydrogen-bond donors (Lipinski definition) is 2. The Kier molecular flexibility index (Phi) is 3.88. The van der Waals surface area contributed by atoms with E-state index < -0.39 is 29.4 Å². The van der Waals surface area contributed by atoms with E-state index in [2.05, 4.69) is 9.47 Å². The van der Waals surface area contributed by atoms with Crippen LogP contribution in [0.15, 0.2) is 12.1 Å². The van der Waals surface area contributed by atoms with Crippen LogP contribution in [-0.4, -0.2) is 28.1 Å². The molecule has 0 aromatic heterocycles. The lowest BCUT2D eigenvalue weighted by molar-refractivity contribution is -0.134. The number of rotatable bonds is 3. The van der Waals surface area contributed by atoms with Gasteiger partial charge in [0.05, 0.1) is 5.56 Å². The molecular weight excluding hydrogens is 244 g/mol. The highest BCUT2D eigenvalue weighted by Gasteiger charge is 2.19. The molecule has 0 aliphatic rings. The van der Waals surface area contributed by atoms with Crippen molar-refractivity contribution >= 4 is 17.9 Å². The molecule has 0 amide bonds. The molecule has 18 heavy (non-hydrogen) atoms. The Morgan fingerprint density at radius 3 is 2.06 bits per heavy atom. The molecule has 0 aliphatic carbocycles. The number of hydrogen-bond acceptors (Lipinski definition) is 6. The minimum atomic E-state index is -1.33. The summed E-state index contributed by atoms with van der Waals surface area (Å²) in [6, 6.07) is 1.86. The average Bonchev–Trinajstić information content (AvgIpc) is 2.21. The fraction of sp³-hybridized carbons (Fsp3) is 0.182. The van der Waals surface area contributed by atoms with Crippen LogP contribution in [0.25, 0.3) is 0 Å². The molecule has 0 heterocycles. The quantitative estimate of drug-likeness (QED) is 0.610. The molecule has 1 aromatic rings. The first-order valence-corrected chi connectivity index (χ1v) is 4.78. The number of esters is 2. The lowest BCUT2D eigenvalue weighted by atomic mass is 10.2. The third-order valence-electron chi connectivity index (χ3n) is 1.78. The van der Waals surface area contributed by atoms with Gasteiger partial charge in [-0.2, -0.15) is 0 Å². The molecule has 0 radical (unpaired) electrons. The normalized spacial score (nSPS) is 9.67. The second kappa shape index (κ2) is 5.17. The predicted molar refractivity (Wildman–Crippen MR) is 57.7 cm³/mol. The third kappa shape index (κ3) is 3.21. The van der Waals surface area contributed by atoms with E-state index in [-0.39, 0.29) is 11.3 Å². The molecule has 0 aliphatic heterocycles. The van der Waals surface area contributed by atoms with Crippen LogP contribution in [0.4, 0.5) is 0 Å². The first kappa shape index (κ1) is 13.5. The molecule has 0 saturated heterocycles. The van der Waals surface area contributed by atoms with Crippen molar-refractivity contribution in [3.8, 4) is 17.2 Å². The second-order valence-corrected chi connectivity index (χ2v) is 3.32. The first-order chi connectivity index (χ1) is 8.31. The molecule has 0 saturated carbocycles. The molecule has 1 rings (SSSR count). The zero-order valence-corrected chi connectivity index (χ0v) is 9.59. The van der Waals surface area contributed by atoms with E-state index in [4.69, 9.17) is 5.11 Å². The topological polar surface area (TPSA) is 110 Å². The van der Waals surface area contributed by atoms with Crippen molar-refractivity contribution in [2.24, 2.45) is 0 Å². The molecule has 0 atom stereocenters. The van der Waals surface area contributed by atoms with E-state index in [1.165, 1.54) is 0 Å². The third-order valence-corrected chi connectivity index (χ3v) is 1.78. The highest BCUT2D eigenvalue weighted by molar-refractivity contribution is 5.90. The maximum absolute atomic E-state index is 10.9. The van der Waals surface area contributed by atoms with Gasteiger partial charge in [0.25, 0.3) is 0 Å². The molecule has 7 nitrogen and oxygen atoms in total. The van der Waals surface area contributed by atoms with Crippen LogP contribution in [0.1, 0.15) is 24.2 Å². The predicted octanol–water partition coefficient (Wildman–Crippen LogP) is 0.941. The van der Waals surface area contributed by atoms with Gasteiger partial charge in [-0.25, -0.2) is 4.79 Å². The van der Waals surface area contributed by atoms with Crippen molar-refractivity contribution in [1.82, 2.24) is 0 Å². The highest BCUT2D eigenvalue weighted by Crippen LogP contribution is 2.38. The van der Waals surface area contributed by atoms with Crippen molar-refractivity contribution in [2.75, 3.05) is 0 Å². The van der Waals surface area contributed by atoms with Crippen LogP contribution in [-0.2, 0) is 9.59 Å². The molecule has 7 heteroatoms. The summed E-state index contributed by atoms with van der Waals surface area (Å²) in [5.74, 6) is -4.17. The molecule has 0 unspecified atom stereocenters. The number of aromatic carboxylic acids is 1. The Labute approximate surface area is 102 Å². The van der Waals surface area contributed by atoms with Gasteiger partial charge in [0.15, 0.2) is 11.5 Å². The van der Waals surface area contributed by atoms with Crippen molar-refractivity contribution in [1.29, 1.82) is 0 Å². The molecule has 96 valence electrons. The Morgan fingerprint density at radius 2 is 1.61 bits per heavy atom. The van der Waals surface area contributed by atoms with Crippen LogP contribution in [0.5, 0.6) is 17.2 Å². The summed E-state index contributed by atoms with van der Waals surface area (Å²) in [4.78, 5) is 32.4. The molecular formula is C11H10O7. The molecule has 0 spiro atoms. The van der Waals surface area contributed by atoms with E-state index in [1.54, 1.807) is 0 Å². The van der Waals surface area contributed by atoms with Crippen LogP contribution in [0.2, 0.25) is 0 Å². The Hall–Kier alpha value is -2.57. The number of aromatic hydroxyl groups is 1. The number of carboxylic acid groups (broad SMARTS) is 1. The van der Waals surface area contributed by atoms with Crippen LogP contribution < -0.4 is 9.47 Å². The first-order valence-electron chi connectivity index (χ1n) is 4.78. The largest absolute Gasteiger partial charge is 0.504 e. The summed E-state index contributed by atoms with van der Waals surface area (Å²) >= 11 is 0. The summed E-state index contributed by atoms with van der Waals surface area (Å²) in [6.45, 7) is 2.17. The van der Waals surface area contributed by atoms with Crippen LogP contribution >= 0.6 is 0 Å². The number of carboxylic acids is 1. The van der Waals surface area contributed by atoms with Gasteiger partial charge >= 0.3 is 17.9 Å². The maximum atomic E-state index is 10.9. The van der Waals surface area contributed by atoms with Gasteiger partial charge in [-0.3, -0.25) is 9.59 Å². The van der Waals surface area contributed by atoms with Gasteiger partial charge in [-0.05, 0) is 12.1 Å². The summed E-state index contributed by atoms with van der Waals surface area (Å²) in [5, 5.41) is 18.3. The van der Waals surface area contributed by atoms with Crippen LogP contribution in [0.3, 0.4) is 0 Å². The van der Waals surface area contributed by atoms with Crippen LogP contribution in [0, 0.1) is 0 Å². The fourth-order valence-electron chi connectivity index (χ4n) is 1.19. The highest BCUT2D eigenvalue weighted by atomic mass is 16.6. The standard InChI is InChI=1S/C11H10O7/c1-5(12)17-9-4-7(11(15)16)3-8(14)10(9)18-6(2)13/h3-4,14H,1-2H3,(H,15,16). The van der Waals surface area contributed by atoms with Crippen molar-refractivity contribution in [3.05, 3.63) is 17.7 Å². The van der Waals surface area contributed by atoms with Gasteiger partial charge in [0.2, 0.25) is 5.75 Å². The Morgan fingerprint density at radius 1 is 1.06 bits per heavy atom.